The van der Waals surface area contributed by atoms with Crippen LogP contribution in [0.3, 0.4) is 0 Å². The lowest BCUT2D eigenvalue weighted by atomic mass is 9.96. The highest BCUT2D eigenvalue weighted by Gasteiger charge is 2.22. The number of aromatic nitrogens is 1. The highest BCUT2D eigenvalue weighted by atomic mass is 35.5. The van der Waals surface area contributed by atoms with Crippen LogP contribution in [0.4, 0.5) is 0 Å². The van der Waals surface area contributed by atoms with Gasteiger partial charge in [-0.05, 0) is 49.3 Å². The fraction of sp³-hybridized carbons (Fsp3) is 0.300. The molecule has 3 nitrogen and oxygen atoms in total. The van der Waals surface area contributed by atoms with E-state index in [9.17, 15) is 9.59 Å². The van der Waals surface area contributed by atoms with Crippen LogP contribution >= 0.6 is 23.4 Å². The zero-order valence-electron chi connectivity index (χ0n) is 14.3. The molecule has 1 aliphatic rings. The van der Waals surface area contributed by atoms with Crippen molar-refractivity contribution in [2.45, 2.75) is 31.1 Å². The van der Waals surface area contributed by atoms with Crippen molar-refractivity contribution in [1.29, 1.82) is 0 Å². The topological polar surface area (TPSA) is 49.9 Å². The molecule has 25 heavy (non-hydrogen) atoms. The molecule has 0 spiro atoms. The van der Waals surface area contributed by atoms with Gasteiger partial charge in [-0.3, -0.25) is 9.59 Å². The number of nitrogens with one attached hydrogen (secondary N) is 1. The third kappa shape index (κ3) is 4.07. The molecule has 3 rings (SSSR count). The quantitative estimate of drug-likeness (QED) is 0.778. The minimum absolute atomic E-state index is 0.0993. The average Bonchev–Trinajstić information content (AvgIpc) is 3.00. The van der Waals surface area contributed by atoms with Crippen LogP contribution in [0.1, 0.15) is 36.1 Å². The summed E-state index contributed by atoms with van der Waals surface area (Å²) in [6, 6.07) is 9.66. The van der Waals surface area contributed by atoms with Gasteiger partial charge in [-0.1, -0.05) is 29.8 Å². The monoisotopic (exact) mass is 373 g/mol. The number of thioether (sulfide) groups is 1. The number of hydrogen-bond donors (Lipinski definition) is 1. The van der Waals surface area contributed by atoms with Crippen molar-refractivity contribution < 1.29 is 4.79 Å². The molecule has 1 saturated carbocycles. The summed E-state index contributed by atoms with van der Waals surface area (Å²) >= 11 is 7.98. The number of pyridine rings is 1. The van der Waals surface area contributed by atoms with E-state index in [1.807, 2.05) is 36.6 Å². The van der Waals surface area contributed by atoms with Crippen LogP contribution in [0.25, 0.3) is 5.57 Å². The Bertz CT molecular complexity index is 901. The number of rotatable bonds is 4. The summed E-state index contributed by atoms with van der Waals surface area (Å²) < 4.78 is 0. The summed E-state index contributed by atoms with van der Waals surface area (Å²) in [6.45, 7) is 1.78. The average molecular weight is 374 g/mol. The predicted molar refractivity (Wildman–Crippen MR) is 104 cm³/mol. The van der Waals surface area contributed by atoms with E-state index >= 15 is 0 Å². The molecular weight excluding hydrogens is 354 g/mol. The van der Waals surface area contributed by atoms with E-state index < -0.39 is 0 Å². The molecule has 1 aromatic heterocycles. The lowest BCUT2D eigenvalue weighted by Crippen LogP contribution is -2.11. The van der Waals surface area contributed by atoms with E-state index in [1.54, 1.807) is 18.7 Å². The Morgan fingerprint density at radius 1 is 1.28 bits per heavy atom. The Balaban J connectivity index is 2.09. The highest BCUT2D eigenvalue weighted by molar-refractivity contribution is 7.98. The number of allylic oxidation sites excluding steroid dienone is 1. The van der Waals surface area contributed by atoms with Crippen LogP contribution in [0, 0.1) is 12.8 Å². The molecule has 0 saturated heterocycles. The maximum Gasteiger partial charge on any atom is 0.251 e. The van der Waals surface area contributed by atoms with Crippen molar-refractivity contribution in [1.82, 2.24) is 4.98 Å². The van der Waals surface area contributed by atoms with Gasteiger partial charge in [0.1, 0.15) is 5.78 Å². The third-order valence-electron chi connectivity index (χ3n) is 4.55. The van der Waals surface area contributed by atoms with Crippen LogP contribution in [0.5, 0.6) is 0 Å². The number of carbonyl (C=O) groups is 1. The molecule has 1 fully saturated rings. The summed E-state index contributed by atoms with van der Waals surface area (Å²) in [7, 11) is 0. The number of aryl methyl sites for hydroxylation is 1. The molecule has 1 atom stereocenters. The van der Waals surface area contributed by atoms with Gasteiger partial charge in [0.25, 0.3) is 5.56 Å². The molecule has 0 radical (unpaired) electrons. The van der Waals surface area contributed by atoms with Crippen LogP contribution in [0.2, 0.25) is 5.02 Å². The first-order valence-corrected chi connectivity index (χ1v) is 9.86. The number of H-pyrrole nitrogens is 1. The standard InChI is InChI=1S/C20H20ClNO2S/c1-12-3-7-18(22-20(12)24)16(10-13-4-6-15(23)9-13)14-5-8-19(25-2)17(21)11-14/h3,5,7-8,10-11,13H,4,6,9H2,1-2H3,(H,22,24)/b16-10-/t13-/m0/s1. The highest BCUT2D eigenvalue weighted by Crippen LogP contribution is 2.33. The summed E-state index contributed by atoms with van der Waals surface area (Å²) in [4.78, 5) is 27.7. The van der Waals surface area contributed by atoms with Gasteiger partial charge in [-0.25, -0.2) is 0 Å². The second-order valence-corrected chi connectivity index (χ2v) is 7.61. The number of aromatic amines is 1. The Morgan fingerprint density at radius 3 is 2.68 bits per heavy atom. The van der Waals surface area contributed by atoms with Crippen molar-refractivity contribution in [3.63, 3.8) is 0 Å². The number of ketones is 1. The molecule has 0 aliphatic heterocycles. The SMILES string of the molecule is CSc1ccc(/C(=C/[C@H]2CCC(=O)C2)c2ccc(C)c(=O)[nH]2)cc1Cl. The second kappa shape index (κ2) is 7.63. The molecule has 1 aliphatic carbocycles. The van der Waals surface area contributed by atoms with Crippen molar-refractivity contribution in [3.05, 3.63) is 68.6 Å². The van der Waals surface area contributed by atoms with Crippen LogP contribution in [-0.4, -0.2) is 17.0 Å². The predicted octanol–water partition coefficient (Wildman–Crippen LogP) is 4.86. The van der Waals surface area contributed by atoms with Gasteiger partial charge in [0.05, 0.1) is 5.02 Å². The minimum atomic E-state index is -0.0993. The van der Waals surface area contributed by atoms with Crippen LogP contribution in [-0.2, 0) is 4.79 Å². The molecule has 130 valence electrons. The molecule has 0 bridgehead atoms. The summed E-state index contributed by atoms with van der Waals surface area (Å²) in [6.07, 6.45) is 6.14. The number of benzene rings is 1. The molecule has 5 heteroatoms. The van der Waals surface area contributed by atoms with Crippen molar-refractivity contribution in [3.8, 4) is 0 Å². The maximum atomic E-state index is 12.1. The first-order valence-electron chi connectivity index (χ1n) is 8.25. The normalized spacial score (nSPS) is 18.0. The van der Waals surface area contributed by atoms with E-state index in [0.717, 1.165) is 28.1 Å². The molecule has 1 heterocycles. The van der Waals surface area contributed by atoms with E-state index in [1.165, 1.54) is 0 Å². The molecule has 0 unspecified atom stereocenters. The molecule has 0 amide bonds. The zero-order chi connectivity index (χ0) is 18.0. The van der Waals surface area contributed by atoms with Gasteiger partial charge in [0, 0.05) is 34.6 Å². The summed E-state index contributed by atoms with van der Waals surface area (Å²) in [5.41, 5.74) is 3.20. The smallest absolute Gasteiger partial charge is 0.251 e. The molecule has 1 aromatic carbocycles. The third-order valence-corrected chi connectivity index (χ3v) is 5.77. The minimum Gasteiger partial charge on any atom is -0.322 e. The first kappa shape index (κ1) is 18.0. The maximum absolute atomic E-state index is 12.1. The lowest BCUT2D eigenvalue weighted by molar-refractivity contribution is -0.117. The van der Waals surface area contributed by atoms with Gasteiger partial charge in [-0.2, -0.15) is 0 Å². The lowest BCUT2D eigenvalue weighted by Gasteiger charge is -2.13. The Labute approximate surface area is 156 Å². The molecular formula is C20H20ClNO2S. The van der Waals surface area contributed by atoms with Crippen LogP contribution < -0.4 is 5.56 Å². The zero-order valence-corrected chi connectivity index (χ0v) is 15.8. The fourth-order valence-corrected chi connectivity index (χ4v) is 3.97. The van der Waals surface area contributed by atoms with Gasteiger partial charge < -0.3 is 4.98 Å². The van der Waals surface area contributed by atoms with Crippen molar-refractivity contribution in [2.75, 3.05) is 6.26 Å². The van der Waals surface area contributed by atoms with Gasteiger partial charge >= 0.3 is 0 Å². The first-order chi connectivity index (χ1) is 12.0. The fourth-order valence-electron chi connectivity index (χ4n) is 3.10. The molecule has 1 N–H and O–H groups in total. The second-order valence-electron chi connectivity index (χ2n) is 6.36. The number of halogens is 1. The number of carbonyl (C=O) groups excluding carboxylic acids is 1. The Kier molecular flexibility index (Phi) is 5.50. The number of hydrogen-bond acceptors (Lipinski definition) is 3. The van der Waals surface area contributed by atoms with E-state index in [-0.39, 0.29) is 11.5 Å². The molecule has 2 aromatic rings. The van der Waals surface area contributed by atoms with E-state index in [2.05, 4.69) is 11.1 Å². The summed E-state index contributed by atoms with van der Waals surface area (Å²) in [5.74, 6) is 0.500. The van der Waals surface area contributed by atoms with E-state index in [0.29, 0.717) is 29.2 Å². The van der Waals surface area contributed by atoms with E-state index in [4.69, 9.17) is 11.6 Å². The Morgan fingerprint density at radius 2 is 2.08 bits per heavy atom. The van der Waals surface area contributed by atoms with Crippen molar-refractivity contribution in [2.24, 2.45) is 5.92 Å². The van der Waals surface area contributed by atoms with Gasteiger partial charge in [0.15, 0.2) is 0 Å². The van der Waals surface area contributed by atoms with Gasteiger partial charge in [-0.15, -0.1) is 11.8 Å². The van der Waals surface area contributed by atoms with Crippen LogP contribution in [0.15, 0.2) is 46.1 Å². The number of Topliss-reactive ketones (excluding diaryl/α,β-unsaturated/α-hetero) is 1. The largest absolute Gasteiger partial charge is 0.322 e. The van der Waals surface area contributed by atoms with Gasteiger partial charge in [0.2, 0.25) is 0 Å². The Hall–Kier alpha value is -1.78. The van der Waals surface area contributed by atoms with Crippen molar-refractivity contribution >= 4 is 34.7 Å². The summed E-state index contributed by atoms with van der Waals surface area (Å²) in [5, 5.41) is 0.688.